The van der Waals surface area contributed by atoms with E-state index >= 15 is 0 Å². The number of carbonyl (C=O) groups is 3. The van der Waals surface area contributed by atoms with Crippen LogP contribution in [0.5, 0.6) is 23.0 Å². The number of ketones is 1. The van der Waals surface area contributed by atoms with Crippen LogP contribution in [-0.4, -0.2) is 129 Å². The van der Waals surface area contributed by atoms with Crippen LogP contribution in [0.2, 0.25) is 0 Å². The molecule has 352 valence electrons. The van der Waals surface area contributed by atoms with Gasteiger partial charge < -0.3 is 49.8 Å². The molecule has 0 radical (unpaired) electrons. The monoisotopic (exact) mass is 912 g/mol. The fraction of sp³-hybridized carbons (Fsp3) is 0.574. The minimum atomic E-state index is -2.04. The Hall–Kier alpha value is -4.87. The number of ether oxygens (including phenoxy) is 4. The molecule has 4 heterocycles. The number of fused-ring (bicyclic) bond motifs is 14. The molecule has 0 aromatic heterocycles. The topological polar surface area (TPSA) is 220 Å². The molecule has 2 aromatic rings. The number of nitrogens with zero attached hydrogens (tertiary/aromatic N) is 3. The van der Waals surface area contributed by atoms with E-state index in [1.54, 1.807) is 39.8 Å². The van der Waals surface area contributed by atoms with E-state index in [4.69, 9.17) is 18.9 Å². The molecule has 1 aliphatic carbocycles. The predicted molar refractivity (Wildman–Crippen MR) is 244 cm³/mol. The van der Waals surface area contributed by atoms with Crippen molar-refractivity contribution in [2.24, 2.45) is 28.8 Å². The number of allylic oxidation sites excluding steroid dienone is 2. The van der Waals surface area contributed by atoms with E-state index in [9.17, 15) is 39.9 Å². The zero-order chi connectivity index (χ0) is 46.1. The normalized spacial score (nSPS) is 31.9. The summed E-state index contributed by atoms with van der Waals surface area (Å²) in [4.78, 5) is 43.2. The minimum Gasteiger partial charge on any atom is -0.507 e. The van der Waals surface area contributed by atoms with Gasteiger partial charge in [-0.25, -0.2) is 0 Å². The second kappa shape index (κ2) is 20.5. The summed E-state index contributed by atoms with van der Waals surface area (Å²) in [5, 5.41) is 67.6. The van der Waals surface area contributed by atoms with Gasteiger partial charge in [-0.2, -0.15) is 5.10 Å². The number of rotatable bonds is 5. The lowest BCUT2D eigenvalue weighted by molar-refractivity contribution is -0.160. The fourth-order valence-corrected chi connectivity index (χ4v) is 9.47. The molecular weight excluding hydrogens is 848 g/mol. The first-order valence-electron chi connectivity index (χ1n) is 21.9. The molecule has 6 N–H and O–H groups in total. The molecular formula is C47H65ClN4O12. The number of esters is 1. The average Bonchev–Trinajstić information content (AvgIpc) is 3.89. The van der Waals surface area contributed by atoms with Gasteiger partial charge in [-0.05, 0) is 32.8 Å². The zero-order valence-corrected chi connectivity index (χ0v) is 39.0. The van der Waals surface area contributed by atoms with E-state index in [0.29, 0.717) is 19.1 Å². The van der Waals surface area contributed by atoms with Crippen LogP contribution in [0, 0.1) is 30.6 Å². The van der Waals surface area contributed by atoms with Crippen LogP contribution >= 0.6 is 12.4 Å². The molecule has 1 amide bonds. The van der Waals surface area contributed by atoms with Gasteiger partial charge in [-0.3, -0.25) is 24.3 Å². The second-order valence-corrected chi connectivity index (χ2v) is 17.8. The molecule has 4 aliphatic heterocycles. The van der Waals surface area contributed by atoms with Gasteiger partial charge in [0.05, 0.1) is 53.0 Å². The number of amides is 1. The molecule has 7 rings (SSSR count). The average molecular weight is 914 g/mol. The SMILES string of the molecule is CO[C@H]1/C=C/O[C@@]2(C)Oc3c(C)c(O)c4c(O)c(c(/C=N/N5CCN(C6CCCC6)CC5)c(O)c4c3C2=O)NC(=O)/C(C)=C\C=C\[C@H](C)[C@H](O)[C@@H](C)[C@@H](O)[C@@H](C)[C@H](OC(C)=O)[C@@H]1C.Cl. The number of carbonyl (C=O) groups excluding carboxylic acids is 3. The molecule has 2 aromatic carbocycles. The number of aromatic hydroxyl groups is 3. The van der Waals surface area contributed by atoms with Crippen molar-refractivity contribution in [1.82, 2.24) is 9.91 Å². The number of aliphatic hydroxyl groups excluding tert-OH is 2. The van der Waals surface area contributed by atoms with Gasteiger partial charge in [0, 0.05) is 93.4 Å². The number of hydrogen-bond donors (Lipinski definition) is 6. The third kappa shape index (κ3) is 9.86. The summed E-state index contributed by atoms with van der Waals surface area (Å²) in [7, 11) is 1.44. The van der Waals surface area contributed by atoms with E-state index in [1.165, 1.54) is 85.1 Å². The van der Waals surface area contributed by atoms with Crippen molar-refractivity contribution in [2.45, 2.75) is 117 Å². The number of hydrogen-bond acceptors (Lipinski definition) is 15. The molecule has 9 atom stereocenters. The lowest BCUT2D eigenvalue weighted by atomic mass is 9.78. The van der Waals surface area contributed by atoms with Crippen molar-refractivity contribution >= 4 is 52.7 Å². The van der Waals surface area contributed by atoms with Gasteiger partial charge in [-0.15, -0.1) is 12.4 Å². The number of anilines is 1. The first-order valence-corrected chi connectivity index (χ1v) is 21.9. The number of methoxy groups -OCH3 is 1. The van der Waals surface area contributed by atoms with Crippen LogP contribution in [0.1, 0.15) is 95.6 Å². The number of halogens is 1. The molecule has 64 heavy (non-hydrogen) atoms. The number of hydrazone groups is 1. The summed E-state index contributed by atoms with van der Waals surface area (Å²) < 4.78 is 23.7. The number of phenols is 3. The minimum absolute atomic E-state index is 0. The van der Waals surface area contributed by atoms with Crippen molar-refractivity contribution in [3.05, 3.63) is 52.8 Å². The Balaban J connectivity index is 0.00000771. The smallest absolute Gasteiger partial charge is 0.312 e. The van der Waals surface area contributed by atoms with Gasteiger partial charge in [0.2, 0.25) is 0 Å². The second-order valence-electron chi connectivity index (χ2n) is 17.8. The summed E-state index contributed by atoms with van der Waals surface area (Å²) >= 11 is 0. The van der Waals surface area contributed by atoms with Crippen LogP contribution < -0.4 is 10.1 Å². The zero-order valence-electron chi connectivity index (χ0n) is 38.2. The fourth-order valence-electron chi connectivity index (χ4n) is 9.47. The Morgan fingerprint density at radius 1 is 0.922 bits per heavy atom. The predicted octanol–water partition coefficient (Wildman–Crippen LogP) is 6.07. The summed E-state index contributed by atoms with van der Waals surface area (Å²) in [5.74, 6) is -8.28. The lowest BCUT2D eigenvalue weighted by Crippen LogP contribution is -2.47. The molecule has 0 unspecified atom stereocenters. The Morgan fingerprint density at radius 2 is 1.58 bits per heavy atom. The number of benzene rings is 2. The maximum absolute atomic E-state index is 14.5. The van der Waals surface area contributed by atoms with Gasteiger partial charge in [0.15, 0.2) is 5.75 Å². The molecule has 5 aliphatic rings. The van der Waals surface area contributed by atoms with Crippen molar-refractivity contribution in [2.75, 3.05) is 38.6 Å². The maximum atomic E-state index is 14.5. The van der Waals surface area contributed by atoms with Gasteiger partial charge in [0.25, 0.3) is 11.7 Å². The molecule has 1 saturated carbocycles. The maximum Gasteiger partial charge on any atom is 0.312 e. The highest BCUT2D eigenvalue weighted by molar-refractivity contribution is 6.23. The molecule has 2 fully saturated rings. The lowest BCUT2D eigenvalue weighted by Gasteiger charge is -2.38. The van der Waals surface area contributed by atoms with Gasteiger partial charge >= 0.3 is 11.8 Å². The van der Waals surface area contributed by atoms with Crippen LogP contribution in [0.25, 0.3) is 10.8 Å². The van der Waals surface area contributed by atoms with E-state index in [1.807, 2.05) is 5.01 Å². The summed E-state index contributed by atoms with van der Waals surface area (Å²) in [6.45, 7) is 15.4. The van der Waals surface area contributed by atoms with E-state index in [2.05, 4.69) is 15.3 Å². The first-order chi connectivity index (χ1) is 29.8. The van der Waals surface area contributed by atoms with Crippen molar-refractivity contribution in [3.8, 4) is 23.0 Å². The first kappa shape index (κ1) is 50.1. The van der Waals surface area contributed by atoms with Crippen LogP contribution in [-0.2, 0) is 23.8 Å². The number of Topliss-reactive ketones (excluding diaryl/α,β-unsaturated/α-hetero) is 1. The third-order valence-electron chi connectivity index (χ3n) is 13.5. The van der Waals surface area contributed by atoms with Crippen molar-refractivity contribution in [1.29, 1.82) is 0 Å². The van der Waals surface area contributed by atoms with Crippen LogP contribution in [0.15, 0.2) is 41.2 Å². The summed E-state index contributed by atoms with van der Waals surface area (Å²) in [6.07, 6.45) is 9.75. The van der Waals surface area contributed by atoms with E-state index in [0.717, 1.165) is 13.1 Å². The highest BCUT2D eigenvalue weighted by Gasteiger charge is 2.50. The largest absolute Gasteiger partial charge is 0.507 e. The Labute approximate surface area is 381 Å². The molecule has 0 spiro atoms. The van der Waals surface area contributed by atoms with E-state index < -0.39 is 88.8 Å². The Morgan fingerprint density at radius 3 is 2.20 bits per heavy atom. The third-order valence-corrected chi connectivity index (χ3v) is 13.5. The summed E-state index contributed by atoms with van der Waals surface area (Å²) in [5.41, 5.74) is -0.293. The van der Waals surface area contributed by atoms with E-state index in [-0.39, 0.29) is 56.9 Å². The van der Waals surface area contributed by atoms with Gasteiger partial charge in [-0.1, -0.05) is 58.8 Å². The molecule has 16 nitrogen and oxygen atoms in total. The number of aliphatic hydroxyl groups is 2. The quantitative estimate of drug-likeness (QED) is 0.0869. The summed E-state index contributed by atoms with van der Waals surface area (Å²) in [6, 6.07) is 0.553. The van der Waals surface area contributed by atoms with Crippen LogP contribution in [0.4, 0.5) is 5.69 Å². The van der Waals surface area contributed by atoms with Crippen LogP contribution in [0.3, 0.4) is 0 Å². The highest BCUT2D eigenvalue weighted by Crippen LogP contribution is 2.55. The van der Waals surface area contributed by atoms with Crippen molar-refractivity contribution in [3.63, 3.8) is 0 Å². The number of phenolic OH excluding ortho intramolecular Hbond substituents is 3. The molecule has 17 heteroatoms. The Kier molecular flexibility index (Phi) is 16.1. The number of piperazine rings is 1. The van der Waals surface area contributed by atoms with Gasteiger partial charge in [0.1, 0.15) is 23.4 Å². The highest BCUT2D eigenvalue weighted by atomic mass is 35.5. The molecule has 5 bridgehead atoms. The van der Waals surface area contributed by atoms with Crippen molar-refractivity contribution < 1.29 is 58.9 Å². The Bertz CT molecular complexity index is 2200. The number of nitrogens with one attached hydrogen (secondary N) is 1. The molecule has 1 saturated heterocycles. The standard InChI is InChI=1S/C47H64N4O12.ClH/c1-24-13-12-14-25(2)46(59)49-37-32(23-48-51-20-18-50(19-21-51)31-15-10-11-16-31)41(56)34-35(42(37)57)40(55)29(6)44-36(34)45(58)47(8,63-44)61-22-17-33(60-9)26(3)43(62-30(7)52)28(5)39(54)27(4)38(24)53;/h12-14,17,22-24,26-28,31,33,38-39,43,53-57H,10-11,15-16,18-21H2,1-9H3,(H,49,59);1H/b13-12+,22-17+,25-14-,48-23+;/t24-,26+,27+,28+,33-,38-,39+,43+,47-;/m0./s1.